The normalized spacial score (nSPS) is 31.5. The summed E-state index contributed by atoms with van der Waals surface area (Å²) in [6.45, 7) is 2.02. The Bertz CT molecular complexity index is 586. The van der Waals surface area contributed by atoms with Crippen LogP contribution in [0.25, 0.3) is 0 Å². The highest BCUT2D eigenvalue weighted by molar-refractivity contribution is 7.09. The molecule has 3 aliphatic rings. The summed E-state index contributed by atoms with van der Waals surface area (Å²) in [6, 6.07) is 1.51. The Kier molecular flexibility index (Phi) is 4.52. The van der Waals surface area contributed by atoms with Crippen LogP contribution in [0, 0.1) is 0 Å². The lowest BCUT2D eigenvalue weighted by atomic mass is 9.82. The number of nitrogens with one attached hydrogen (secondary N) is 2. The van der Waals surface area contributed by atoms with Gasteiger partial charge in [0.25, 0.3) is 0 Å². The second-order valence-corrected chi connectivity index (χ2v) is 8.69. The molecule has 4 atom stereocenters. The molecule has 1 aromatic rings. The predicted octanol–water partition coefficient (Wildman–Crippen LogP) is 3.40. The molecule has 132 valence electrons. The Hall–Kier alpha value is -1.14. The van der Waals surface area contributed by atoms with Gasteiger partial charge in [0.1, 0.15) is 0 Å². The Morgan fingerprint density at radius 3 is 2.67 bits per heavy atom. The molecule has 2 saturated heterocycles. The highest BCUT2D eigenvalue weighted by Gasteiger charge is 2.36. The molecule has 4 rings (SSSR count). The number of fused-ring (bicyclic) bond motifs is 2. The first-order valence-corrected chi connectivity index (χ1v) is 10.2. The zero-order valence-corrected chi connectivity index (χ0v) is 15.4. The number of aromatic nitrogens is 1. The van der Waals surface area contributed by atoms with Crippen molar-refractivity contribution in [1.29, 1.82) is 0 Å². The number of nitrogens with zero attached hydrogens (tertiary/aromatic N) is 2. The summed E-state index contributed by atoms with van der Waals surface area (Å²) in [5.41, 5.74) is 0.997. The number of carbonyl (C=O) groups excluding carboxylic acids is 1. The van der Waals surface area contributed by atoms with Gasteiger partial charge in [-0.1, -0.05) is 6.42 Å². The molecule has 2 amide bonds. The van der Waals surface area contributed by atoms with E-state index in [1.807, 2.05) is 6.92 Å². The van der Waals surface area contributed by atoms with E-state index in [0.717, 1.165) is 18.5 Å². The average Bonchev–Trinajstić information content (AvgIpc) is 3.25. The van der Waals surface area contributed by atoms with Crippen LogP contribution in [0.5, 0.6) is 0 Å². The van der Waals surface area contributed by atoms with E-state index >= 15 is 0 Å². The molecule has 0 radical (unpaired) electrons. The molecule has 2 aliphatic heterocycles. The number of hydrogen-bond acceptors (Lipinski definition) is 4. The van der Waals surface area contributed by atoms with Crippen molar-refractivity contribution in [3.8, 4) is 0 Å². The van der Waals surface area contributed by atoms with Gasteiger partial charge in [0.15, 0.2) is 0 Å². The first-order valence-electron chi connectivity index (χ1n) is 9.34. The Morgan fingerprint density at radius 2 is 2.00 bits per heavy atom. The fourth-order valence-corrected chi connectivity index (χ4v) is 5.33. The number of rotatable bonds is 4. The minimum Gasteiger partial charge on any atom is -0.335 e. The number of urea groups is 1. The zero-order valence-electron chi connectivity index (χ0n) is 14.6. The van der Waals surface area contributed by atoms with Gasteiger partial charge in [-0.05, 0) is 52.5 Å². The number of hydrogen-bond donors (Lipinski definition) is 2. The molecular weight excluding hydrogens is 320 g/mol. The first-order chi connectivity index (χ1) is 11.6. The van der Waals surface area contributed by atoms with Crippen molar-refractivity contribution in [3.05, 3.63) is 16.1 Å². The summed E-state index contributed by atoms with van der Waals surface area (Å²) < 4.78 is 0. The lowest BCUT2D eigenvalue weighted by molar-refractivity contribution is 0.0508. The van der Waals surface area contributed by atoms with Crippen LogP contribution >= 0.6 is 11.3 Å². The molecule has 2 N–H and O–H groups in total. The van der Waals surface area contributed by atoms with Crippen molar-refractivity contribution < 1.29 is 4.79 Å². The summed E-state index contributed by atoms with van der Waals surface area (Å²) in [4.78, 5) is 19.6. The van der Waals surface area contributed by atoms with Crippen molar-refractivity contribution in [1.82, 2.24) is 20.5 Å². The maximum Gasteiger partial charge on any atom is 0.315 e. The summed E-state index contributed by atoms with van der Waals surface area (Å²) in [5.74, 6) is 0.684. The van der Waals surface area contributed by atoms with Gasteiger partial charge >= 0.3 is 6.03 Å². The summed E-state index contributed by atoms with van der Waals surface area (Å²) in [6.07, 6.45) is 8.58. The van der Waals surface area contributed by atoms with Gasteiger partial charge in [-0.25, -0.2) is 9.78 Å². The molecular formula is C18H28N4OS. The summed E-state index contributed by atoms with van der Waals surface area (Å²) in [7, 11) is 2.24. The van der Waals surface area contributed by atoms with Gasteiger partial charge in [0, 0.05) is 29.4 Å². The van der Waals surface area contributed by atoms with Gasteiger partial charge in [-0.3, -0.25) is 0 Å². The minimum atomic E-state index is -0.0453. The molecule has 5 nitrogen and oxygen atoms in total. The molecule has 0 spiro atoms. The van der Waals surface area contributed by atoms with Crippen LogP contribution in [0.2, 0.25) is 0 Å². The topological polar surface area (TPSA) is 57.3 Å². The van der Waals surface area contributed by atoms with Gasteiger partial charge in [0.2, 0.25) is 0 Å². The van der Waals surface area contributed by atoms with Crippen molar-refractivity contribution in [3.63, 3.8) is 0 Å². The van der Waals surface area contributed by atoms with Crippen LogP contribution in [0.3, 0.4) is 0 Å². The third-order valence-corrected chi connectivity index (χ3v) is 6.96. The highest BCUT2D eigenvalue weighted by Crippen LogP contribution is 2.41. The fraction of sp³-hybridized carbons (Fsp3) is 0.778. The number of thiazole rings is 1. The van der Waals surface area contributed by atoms with E-state index in [9.17, 15) is 4.79 Å². The van der Waals surface area contributed by atoms with E-state index < -0.39 is 0 Å². The quantitative estimate of drug-likeness (QED) is 0.877. The second kappa shape index (κ2) is 6.64. The monoisotopic (exact) mass is 348 g/mol. The third kappa shape index (κ3) is 3.45. The maximum atomic E-state index is 12.4. The van der Waals surface area contributed by atoms with Crippen LogP contribution < -0.4 is 10.6 Å². The smallest absolute Gasteiger partial charge is 0.315 e. The molecule has 1 aliphatic carbocycles. The summed E-state index contributed by atoms with van der Waals surface area (Å²) >= 11 is 1.73. The molecule has 0 aromatic carbocycles. The Labute approximate surface area is 148 Å². The van der Waals surface area contributed by atoms with Crippen molar-refractivity contribution in [2.24, 2.45) is 0 Å². The molecule has 6 heteroatoms. The SMILES string of the molecule is C[C@H](NC(=O)NC1C[C@H]2CCC[C@@H](C1)N2C)c1csc(C2CC2)n1. The van der Waals surface area contributed by atoms with E-state index in [1.54, 1.807) is 11.3 Å². The van der Waals surface area contributed by atoms with E-state index in [2.05, 4.69) is 28.0 Å². The second-order valence-electron chi connectivity index (χ2n) is 7.80. The maximum absolute atomic E-state index is 12.4. The lowest BCUT2D eigenvalue weighted by Gasteiger charge is -2.47. The molecule has 24 heavy (non-hydrogen) atoms. The highest BCUT2D eigenvalue weighted by atomic mass is 32.1. The van der Waals surface area contributed by atoms with Crippen LogP contribution in [-0.4, -0.2) is 41.1 Å². The Balaban J connectivity index is 1.29. The fourth-order valence-electron chi connectivity index (χ4n) is 4.25. The van der Waals surface area contributed by atoms with Crippen LogP contribution in [0.1, 0.15) is 74.5 Å². The standard InChI is InChI=1S/C18H28N4OS/c1-11(16-10-24-17(21-16)12-6-7-12)19-18(23)20-13-8-14-4-3-5-15(9-13)22(14)2/h10-15H,3-9H2,1-2H3,(H2,19,20,23)/t11-,13?,14-,15+/m0/s1. The lowest BCUT2D eigenvalue weighted by Crippen LogP contribution is -2.56. The van der Waals surface area contributed by atoms with Crippen molar-refractivity contribution >= 4 is 17.4 Å². The molecule has 1 aromatic heterocycles. The van der Waals surface area contributed by atoms with Gasteiger partial charge < -0.3 is 15.5 Å². The molecule has 3 fully saturated rings. The van der Waals surface area contributed by atoms with E-state index in [-0.39, 0.29) is 12.1 Å². The molecule has 1 unspecified atom stereocenters. The Morgan fingerprint density at radius 1 is 1.29 bits per heavy atom. The molecule has 3 heterocycles. The zero-order chi connectivity index (χ0) is 16.7. The number of piperidine rings is 2. The van der Waals surface area contributed by atoms with E-state index in [0.29, 0.717) is 24.0 Å². The van der Waals surface area contributed by atoms with Crippen molar-refractivity contribution in [2.45, 2.75) is 82.0 Å². The van der Waals surface area contributed by atoms with E-state index in [1.165, 1.54) is 37.1 Å². The minimum absolute atomic E-state index is 0.0282. The third-order valence-electron chi connectivity index (χ3n) is 5.93. The summed E-state index contributed by atoms with van der Waals surface area (Å²) in [5, 5.41) is 9.62. The molecule has 2 bridgehead atoms. The largest absolute Gasteiger partial charge is 0.335 e. The predicted molar refractivity (Wildman–Crippen MR) is 96.4 cm³/mol. The average molecular weight is 349 g/mol. The van der Waals surface area contributed by atoms with Gasteiger partial charge in [-0.15, -0.1) is 11.3 Å². The number of carbonyl (C=O) groups is 1. The number of amides is 2. The van der Waals surface area contributed by atoms with Crippen LogP contribution in [0.15, 0.2) is 5.38 Å². The van der Waals surface area contributed by atoms with Crippen molar-refractivity contribution in [2.75, 3.05) is 7.05 Å². The van der Waals surface area contributed by atoms with Gasteiger partial charge in [-0.2, -0.15) is 0 Å². The van der Waals surface area contributed by atoms with E-state index in [4.69, 9.17) is 4.98 Å². The van der Waals surface area contributed by atoms with Gasteiger partial charge in [0.05, 0.1) is 16.7 Å². The van der Waals surface area contributed by atoms with Crippen LogP contribution in [-0.2, 0) is 0 Å². The van der Waals surface area contributed by atoms with Crippen LogP contribution in [0.4, 0.5) is 4.79 Å². The molecule has 1 saturated carbocycles. The first kappa shape index (κ1) is 16.3.